The average Bonchev–Trinajstić information content (AvgIpc) is 2.55. The van der Waals surface area contributed by atoms with Gasteiger partial charge >= 0.3 is 5.97 Å². The number of carbonyl (C=O) groups is 1. The van der Waals surface area contributed by atoms with E-state index in [0.717, 1.165) is 23.3 Å². The molecule has 3 nitrogen and oxygen atoms in total. The second-order valence-electron chi connectivity index (χ2n) is 5.05. The molecular formula is C19H20O3. The highest BCUT2D eigenvalue weighted by molar-refractivity contribution is 5.85. The molecule has 2 rings (SSSR count). The van der Waals surface area contributed by atoms with Crippen molar-refractivity contribution in [1.29, 1.82) is 0 Å². The van der Waals surface area contributed by atoms with Crippen LogP contribution in [0, 0.1) is 0 Å². The third-order valence-electron chi connectivity index (χ3n) is 3.37. The van der Waals surface area contributed by atoms with Crippen LogP contribution < -0.4 is 4.74 Å². The summed E-state index contributed by atoms with van der Waals surface area (Å²) < 4.78 is 5.86. The lowest BCUT2D eigenvalue weighted by atomic mass is 10.1. The molecule has 0 amide bonds. The van der Waals surface area contributed by atoms with E-state index < -0.39 is 5.97 Å². The zero-order valence-electron chi connectivity index (χ0n) is 12.7. The van der Waals surface area contributed by atoms with E-state index in [0.29, 0.717) is 18.6 Å². The van der Waals surface area contributed by atoms with Crippen LogP contribution in [0.2, 0.25) is 0 Å². The predicted molar refractivity (Wildman–Crippen MR) is 88.0 cm³/mol. The molecule has 0 unspecified atom stereocenters. The number of ether oxygens (including phenoxy) is 1. The molecule has 114 valence electrons. The number of unbranched alkanes of at least 4 members (excludes halogenated alkanes) is 1. The number of carboxylic acid groups (broad SMARTS) is 1. The maximum Gasteiger partial charge on any atom is 0.330 e. The SMILES string of the molecule is CC(=CCCCOc1ccccc1-c1ccccc1)C(=O)O. The topological polar surface area (TPSA) is 46.5 Å². The normalized spacial score (nSPS) is 11.2. The molecule has 3 heteroatoms. The first-order valence-electron chi connectivity index (χ1n) is 7.36. The smallest absolute Gasteiger partial charge is 0.330 e. The van der Waals surface area contributed by atoms with Crippen molar-refractivity contribution in [2.24, 2.45) is 0 Å². The molecule has 0 bridgehead atoms. The van der Waals surface area contributed by atoms with Crippen molar-refractivity contribution in [2.45, 2.75) is 19.8 Å². The summed E-state index contributed by atoms with van der Waals surface area (Å²) in [4.78, 5) is 10.7. The highest BCUT2D eigenvalue weighted by Gasteiger charge is 2.05. The molecule has 0 saturated heterocycles. The van der Waals surface area contributed by atoms with Crippen molar-refractivity contribution in [3.05, 3.63) is 66.2 Å². The van der Waals surface area contributed by atoms with Gasteiger partial charge in [0.2, 0.25) is 0 Å². The van der Waals surface area contributed by atoms with Crippen molar-refractivity contribution in [2.75, 3.05) is 6.61 Å². The molecule has 22 heavy (non-hydrogen) atoms. The zero-order chi connectivity index (χ0) is 15.8. The van der Waals surface area contributed by atoms with Crippen molar-refractivity contribution < 1.29 is 14.6 Å². The Bertz CT molecular complexity index is 645. The van der Waals surface area contributed by atoms with E-state index in [1.165, 1.54) is 0 Å². The summed E-state index contributed by atoms with van der Waals surface area (Å²) in [6.07, 6.45) is 3.22. The van der Waals surface area contributed by atoms with Gasteiger partial charge in [-0.2, -0.15) is 0 Å². The lowest BCUT2D eigenvalue weighted by Gasteiger charge is -2.11. The first-order valence-corrected chi connectivity index (χ1v) is 7.36. The van der Waals surface area contributed by atoms with E-state index in [1.54, 1.807) is 13.0 Å². The fourth-order valence-electron chi connectivity index (χ4n) is 2.12. The molecule has 0 aliphatic carbocycles. The quantitative estimate of drug-likeness (QED) is 0.602. The summed E-state index contributed by atoms with van der Waals surface area (Å²) in [6.45, 7) is 2.17. The molecule has 0 atom stereocenters. The maximum absolute atomic E-state index is 10.7. The van der Waals surface area contributed by atoms with Gasteiger partial charge in [0.25, 0.3) is 0 Å². The Labute approximate surface area is 130 Å². The van der Waals surface area contributed by atoms with Crippen LogP contribution >= 0.6 is 0 Å². The number of rotatable bonds is 7. The largest absolute Gasteiger partial charge is 0.493 e. The Balaban J connectivity index is 1.94. The maximum atomic E-state index is 10.7. The molecule has 0 aliphatic heterocycles. The van der Waals surface area contributed by atoms with E-state index in [2.05, 4.69) is 12.1 Å². The number of benzene rings is 2. The van der Waals surface area contributed by atoms with Crippen LogP contribution in [0.1, 0.15) is 19.8 Å². The van der Waals surface area contributed by atoms with Crippen molar-refractivity contribution in [3.63, 3.8) is 0 Å². The van der Waals surface area contributed by atoms with Crippen LogP contribution in [-0.4, -0.2) is 17.7 Å². The molecule has 0 fully saturated rings. The lowest BCUT2D eigenvalue weighted by Crippen LogP contribution is -1.99. The fourth-order valence-corrected chi connectivity index (χ4v) is 2.12. The van der Waals surface area contributed by atoms with E-state index in [-0.39, 0.29) is 0 Å². The second-order valence-corrected chi connectivity index (χ2v) is 5.05. The van der Waals surface area contributed by atoms with Gasteiger partial charge < -0.3 is 9.84 Å². The van der Waals surface area contributed by atoms with Crippen LogP contribution in [0.25, 0.3) is 11.1 Å². The summed E-state index contributed by atoms with van der Waals surface area (Å²) in [7, 11) is 0. The summed E-state index contributed by atoms with van der Waals surface area (Å²) in [5.41, 5.74) is 2.57. The fraction of sp³-hybridized carbons (Fsp3) is 0.211. The van der Waals surface area contributed by atoms with Crippen LogP contribution in [0.15, 0.2) is 66.2 Å². The van der Waals surface area contributed by atoms with Crippen molar-refractivity contribution >= 4 is 5.97 Å². The molecular weight excluding hydrogens is 276 g/mol. The van der Waals surface area contributed by atoms with Crippen molar-refractivity contribution in [3.8, 4) is 16.9 Å². The van der Waals surface area contributed by atoms with Gasteiger partial charge in [-0.25, -0.2) is 4.79 Å². The molecule has 2 aromatic carbocycles. The van der Waals surface area contributed by atoms with Crippen LogP contribution in [0.4, 0.5) is 0 Å². The summed E-state index contributed by atoms with van der Waals surface area (Å²) in [5.74, 6) is -0.0111. The standard InChI is InChI=1S/C19H20O3/c1-15(19(20)21)9-7-8-14-22-18-13-6-5-12-17(18)16-10-3-2-4-11-16/h2-6,9-13H,7-8,14H2,1H3,(H,20,21). The molecule has 0 saturated carbocycles. The number of carboxylic acids is 1. The van der Waals surface area contributed by atoms with Gasteiger partial charge in [-0.05, 0) is 31.4 Å². The molecule has 0 heterocycles. The molecule has 0 aliphatic rings. The zero-order valence-corrected chi connectivity index (χ0v) is 12.7. The molecule has 0 radical (unpaired) electrons. The number of allylic oxidation sites excluding steroid dienone is 1. The Morgan fingerprint density at radius 2 is 1.77 bits per heavy atom. The Hall–Kier alpha value is -2.55. The molecule has 0 aromatic heterocycles. The van der Waals surface area contributed by atoms with Gasteiger partial charge in [0, 0.05) is 11.1 Å². The predicted octanol–water partition coefficient (Wildman–Crippen LogP) is 4.54. The summed E-state index contributed by atoms with van der Waals surface area (Å²) in [5, 5.41) is 8.78. The number of hydrogen-bond acceptors (Lipinski definition) is 2. The Morgan fingerprint density at radius 1 is 1.09 bits per heavy atom. The van der Waals surface area contributed by atoms with Gasteiger partial charge in [-0.1, -0.05) is 54.6 Å². The van der Waals surface area contributed by atoms with Gasteiger partial charge in [0.05, 0.1) is 6.61 Å². The Kier molecular flexibility index (Phi) is 5.78. The molecule has 2 aromatic rings. The first-order chi connectivity index (χ1) is 10.7. The minimum atomic E-state index is -0.865. The third kappa shape index (κ3) is 4.48. The second kappa shape index (κ2) is 8.03. The van der Waals surface area contributed by atoms with Crippen LogP contribution in [0.5, 0.6) is 5.75 Å². The minimum absolute atomic E-state index is 0.379. The molecule has 0 spiro atoms. The van der Waals surface area contributed by atoms with Gasteiger partial charge in [0.1, 0.15) is 5.75 Å². The highest BCUT2D eigenvalue weighted by atomic mass is 16.5. The minimum Gasteiger partial charge on any atom is -0.493 e. The highest BCUT2D eigenvalue weighted by Crippen LogP contribution is 2.29. The van der Waals surface area contributed by atoms with Gasteiger partial charge in [-0.15, -0.1) is 0 Å². The van der Waals surface area contributed by atoms with Gasteiger partial charge in [-0.3, -0.25) is 0 Å². The van der Waals surface area contributed by atoms with E-state index >= 15 is 0 Å². The Morgan fingerprint density at radius 3 is 2.50 bits per heavy atom. The van der Waals surface area contributed by atoms with Crippen molar-refractivity contribution in [1.82, 2.24) is 0 Å². The summed E-state index contributed by atoms with van der Waals surface area (Å²) in [6, 6.07) is 18.1. The van der Waals surface area contributed by atoms with Crippen LogP contribution in [-0.2, 0) is 4.79 Å². The van der Waals surface area contributed by atoms with Crippen LogP contribution in [0.3, 0.4) is 0 Å². The first kappa shape index (κ1) is 15.8. The van der Waals surface area contributed by atoms with Gasteiger partial charge in [0.15, 0.2) is 0 Å². The summed E-state index contributed by atoms with van der Waals surface area (Å²) >= 11 is 0. The van der Waals surface area contributed by atoms with E-state index in [1.807, 2.05) is 42.5 Å². The molecule has 1 N–H and O–H groups in total. The van der Waals surface area contributed by atoms with E-state index in [4.69, 9.17) is 9.84 Å². The number of para-hydroxylation sites is 1. The number of hydrogen-bond donors (Lipinski definition) is 1. The monoisotopic (exact) mass is 296 g/mol. The average molecular weight is 296 g/mol. The van der Waals surface area contributed by atoms with E-state index in [9.17, 15) is 4.79 Å². The third-order valence-corrected chi connectivity index (χ3v) is 3.37. The number of aliphatic carboxylic acids is 1. The lowest BCUT2D eigenvalue weighted by molar-refractivity contribution is -0.132.